The average Bonchev–Trinajstić information content (AvgIpc) is 2.77. The minimum Gasteiger partial charge on any atom is -0.490 e. The Balaban J connectivity index is 1.79. The summed E-state index contributed by atoms with van der Waals surface area (Å²) in [4.78, 5) is 0. The predicted molar refractivity (Wildman–Crippen MR) is 116 cm³/mol. The van der Waals surface area contributed by atoms with E-state index in [4.69, 9.17) is 4.74 Å². The number of benzene rings is 2. The molecule has 170 valence electrons. The lowest BCUT2D eigenvalue weighted by Gasteiger charge is -2.29. The summed E-state index contributed by atoms with van der Waals surface area (Å²) in [5.74, 6) is -4.05. The summed E-state index contributed by atoms with van der Waals surface area (Å²) in [5.41, 5.74) is -0.226. The highest BCUT2D eigenvalue weighted by atomic mass is 19.2. The first kappa shape index (κ1) is 23.6. The monoisotopic (exact) mass is 436 g/mol. The molecular formula is C26H32F4O. The molecule has 2 aromatic rings. The smallest absolute Gasteiger partial charge is 0.201 e. The molecule has 0 bridgehead atoms. The molecule has 2 aromatic carbocycles. The minimum absolute atomic E-state index is 0.0304. The molecule has 31 heavy (non-hydrogen) atoms. The van der Waals surface area contributed by atoms with Gasteiger partial charge in [-0.2, -0.15) is 4.39 Å². The van der Waals surface area contributed by atoms with Crippen LogP contribution in [0.1, 0.15) is 83.1 Å². The summed E-state index contributed by atoms with van der Waals surface area (Å²) in [5, 5.41) is 0. The van der Waals surface area contributed by atoms with Gasteiger partial charge in [-0.3, -0.25) is 0 Å². The summed E-state index contributed by atoms with van der Waals surface area (Å²) < 4.78 is 64.2. The topological polar surface area (TPSA) is 9.23 Å². The van der Waals surface area contributed by atoms with Crippen LogP contribution in [-0.2, 0) is 0 Å². The maximum atomic E-state index is 14.9. The van der Waals surface area contributed by atoms with Crippen LogP contribution in [0.3, 0.4) is 0 Å². The molecule has 0 aliphatic heterocycles. The van der Waals surface area contributed by atoms with E-state index in [1.54, 1.807) is 0 Å². The van der Waals surface area contributed by atoms with Crippen molar-refractivity contribution in [1.29, 1.82) is 0 Å². The average molecular weight is 437 g/mol. The van der Waals surface area contributed by atoms with E-state index in [0.717, 1.165) is 51.4 Å². The Morgan fingerprint density at radius 2 is 1.39 bits per heavy atom. The third-order valence-corrected chi connectivity index (χ3v) is 6.44. The zero-order valence-corrected chi connectivity index (χ0v) is 18.5. The van der Waals surface area contributed by atoms with Crippen LogP contribution in [-0.4, -0.2) is 6.61 Å². The largest absolute Gasteiger partial charge is 0.490 e. The van der Waals surface area contributed by atoms with E-state index >= 15 is 0 Å². The third-order valence-electron chi connectivity index (χ3n) is 6.44. The lowest BCUT2D eigenvalue weighted by atomic mass is 9.77. The highest BCUT2D eigenvalue weighted by Crippen LogP contribution is 2.40. The highest BCUT2D eigenvalue weighted by molar-refractivity contribution is 5.66. The molecule has 1 aliphatic carbocycles. The van der Waals surface area contributed by atoms with Gasteiger partial charge in [0.05, 0.1) is 6.61 Å². The molecule has 5 heteroatoms. The second-order valence-electron chi connectivity index (χ2n) is 8.63. The Labute approximate surface area is 182 Å². The van der Waals surface area contributed by atoms with Crippen molar-refractivity contribution in [2.45, 2.75) is 77.6 Å². The number of halogens is 4. The van der Waals surface area contributed by atoms with Crippen LogP contribution in [0.15, 0.2) is 24.3 Å². The van der Waals surface area contributed by atoms with E-state index in [-0.39, 0.29) is 29.4 Å². The second kappa shape index (κ2) is 11.0. The van der Waals surface area contributed by atoms with Crippen molar-refractivity contribution in [3.8, 4) is 16.9 Å². The predicted octanol–water partition coefficient (Wildman–Crippen LogP) is 8.55. The lowest BCUT2D eigenvalue weighted by Crippen LogP contribution is -2.15. The van der Waals surface area contributed by atoms with Gasteiger partial charge >= 0.3 is 0 Å². The van der Waals surface area contributed by atoms with E-state index in [0.29, 0.717) is 11.5 Å². The van der Waals surface area contributed by atoms with Crippen molar-refractivity contribution in [2.75, 3.05) is 6.61 Å². The van der Waals surface area contributed by atoms with Gasteiger partial charge in [0.1, 0.15) is 0 Å². The summed E-state index contributed by atoms with van der Waals surface area (Å²) in [6, 6.07) is 5.43. The molecule has 0 heterocycles. The lowest BCUT2D eigenvalue weighted by molar-refractivity contribution is 0.286. The first-order valence-electron chi connectivity index (χ1n) is 11.6. The SMILES string of the molecule is CCCCCOc1ccc(-c2ccc(C3CCC(CCC)CC3)c(F)c2F)c(F)c1F. The number of ether oxygens (including phenoxy) is 1. The molecule has 0 radical (unpaired) electrons. The van der Waals surface area contributed by atoms with Gasteiger partial charge in [-0.05, 0) is 61.6 Å². The molecule has 1 fully saturated rings. The van der Waals surface area contributed by atoms with E-state index in [1.807, 2.05) is 6.92 Å². The van der Waals surface area contributed by atoms with Gasteiger partial charge in [-0.15, -0.1) is 0 Å². The molecule has 1 saturated carbocycles. The molecule has 0 amide bonds. The zero-order chi connectivity index (χ0) is 22.4. The molecule has 0 spiro atoms. The summed E-state index contributed by atoms with van der Waals surface area (Å²) >= 11 is 0. The van der Waals surface area contributed by atoms with Gasteiger partial charge in [0, 0.05) is 11.1 Å². The molecule has 0 aromatic heterocycles. The number of unbranched alkanes of at least 4 members (excludes halogenated alkanes) is 2. The van der Waals surface area contributed by atoms with Crippen molar-refractivity contribution in [1.82, 2.24) is 0 Å². The highest BCUT2D eigenvalue weighted by Gasteiger charge is 2.27. The maximum Gasteiger partial charge on any atom is 0.201 e. The molecule has 0 atom stereocenters. The van der Waals surface area contributed by atoms with E-state index < -0.39 is 23.3 Å². The Morgan fingerprint density at radius 3 is 2.03 bits per heavy atom. The normalized spacial score (nSPS) is 18.9. The quantitative estimate of drug-likeness (QED) is 0.283. The summed E-state index contributed by atoms with van der Waals surface area (Å²) in [6.07, 6.45) is 8.65. The Bertz CT molecular complexity index is 872. The van der Waals surface area contributed by atoms with Crippen molar-refractivity contribution in [3.05, 3.63) is 53.1 Å². The molecule has 0 saturated heterocycles. The van der Waals surface area contributed by atoms with Crippen molar-refractivity contribution >= 4 is 0 Å². The van der Waals surface area contributed by atoms with Crippen LogP contribution < -0.4 is 4.74 Å². The van der Waals surface area contributed by atoms with Crippen LogP contribution in [0, 0.1) is 29.2 Å². The second-order valence-corrected chi connectivity index (χ2v) is 8.63. The molecule has 1 aliphatic rings. The number of rotatable bonds is 9. The molecule has 1 nitrogen and oxygen atoms in total. The Kier molecular flexibility index (Phi) is 8.39. The standard InChI is InChI=1S/C26H32F4O/c1-3-5-6-16-31-22-15-14-21(25(29)26(22)30)20-13-12-19(23(27)24(20)28)18-10-8-17(7-4-2)9-11-18/h12-15,17-18H,3-11,16H2,1-2H3. The summed E-state index contributed by atoms with van der Waals surface area (Å²) in [7, 11) is 0. The van der Waals surface area contributed by atoms with Gasteiger partial charge in [-0.25, -0.2) is 13.2 Å². The first-order chi connectivity index (χ1) is 15.0. The van der Waals surface area contributed by atoms with Crippen LogP contribution in [0.25, 0.3) is 11.1 Å². The van der Waals surface area contributed by atoms with Crippen molar-refractivity contribution in [2.24, 2.45) is 5.92 Å². The van der Waals surface area contributed by atoms with E-state index in [1.165, 1.54) is 30.7 Å². The number of hydrogen-bond acceptors (Lipinski definition) is 1. The molecule has 0 N–H and O–H groups in total. The van der Waals surface area contributed by atoms with E-state index in [2.05, 4.69) is 6.92 Å². The van der Waals surface area contributed by atoms with E-state index in [9.17, 15) is 17.6 Å². The minimum atomic E-state index is -1.22. The maximum absolute atomic E-state index is 14.9. The van der Waals surface area contributed by atoms with Gasteiger partial charge in [0.2, 0.25) is 5.82 Å². The fourth-order valence-corrected chi connectivity index (χ4v) is 4.64. The fourth-order valence-electron chi connectivity index (χ4n) is 4.64. The van der Waals surface area contributed by atoms with Crippen LogP contribution in [0.4, 0.5) is 17.6 Å². The molecule has 3 rings (SSSR count). The van der Waals surface area contributed by atoms with Crippen molar-refractivity contribution < 1.29 is 22.3 Å². The van der Waals surface area contributed by atoms with Gasteiger partial charge in [0.25, 0.3) is 0 Å². The van der Waals surface area contributed by atoms with Crippen molar-refractivity contribution in [3.63, 3.8) is 0 Å². The number of hydrogen-bond donors (Lipinski definition) is 0. The van der Waals surface area contributed by atoms with Gasteiger partial charge in [-0.1, -0.05) is 51.7 Å². The first-order valence-corrected chi connectivity index (χ1v) is 11.6. The Morgan fingerprint density at radius 1 is 0.742 bits per heavy atom. The third kappa shape index (κ3) is 5.42. The van der Waals surface area contributed by atoms with Crippen LogP contribution >= 0.6 is 0 Å². The molecular weight excluding hydrogens is 404 g/mol. The van der Waals surface area contributed by atoms with Crippen LogP contribution in [0.2, 0.25) is 0 Å². The fraction of sp³-hybridized carbons (Fsp3) is 0.538. The summed E-state index contributed by atoms with van der Waals surface area (Å²) in [6.45, 7) is 4.47. The van der Waals surface area contributed by atoms with Crippen LogP contribution in [0.5, 0.6) is 5.75 Å². The zero-order valence-electron chi connectivity index (χ0n) is 18.5. The Hall–Kier alpha value is -2.04. The molecule has 0 unspecified atom stereocenters. The van der Waals surface area contributed by atoms with Gasteiger partial charge < -0.3 is 4.74 Å². The van der Waals surface area contributed by atoms with Gasteiger partial charge in [0.15, 0.2) is 23.2 Å².